The van der Waals surface area contributed by atoms with E-state index in [-0.39, 0.29) is 17.9 Å². The minimum Gasteiger partial charge on any atom is -0.378 e. The molecule has 23 heavy (non-hydrogen) atoms. The van der Waals surface area contributed by atoms with E-state index in [2.05, 4.69) is 15.3 Å². The summed E-state index contributed by atoms with van der Waals surface area (Å²) >= 11 is 0. The molecule has 1 N–H and O–H groups in total. The molecule has 6 nitrogen and oxygen atoms in total. The van der Waals surface area contributed by atoms with Crippen LogP contribution in [0.4, 0.5) is 0 Å². The monoisotopic (exact) mass is 312 g/mol. The fourth-order valence-corrected chi connectivity index (χ4v) is 3.33. The lowest BCUT2D eigenvalue weighted by Crippen LogP contribution is -2.41. The highest BCUT2D eigenvalue weighted by molar-refractivity contribution is 5.79. The summed E-state index contributed by atoms with van der Waals surface area (Å²) in [5.74, 6) is 0.0298. The second-order valence-electron chi connectivity index (χ2n) is 6.20. The van der Waals surface area contributed by atoms with Crippen LogP contribution >= 0.6 is 0 Å². The summed E-state index contributed by atoms with van der Waals surface area (Å²) in [7, 11) is 0. The highest BCUT2D eigenvalue weighted by Crippen LogP contribution is 2.17. The van der Waals surface area contributed by atoms with Crippen LogP contribution in [-0.4, -0.2) is 52.9 Å². The van der Waals surface area contributed by atoms with Gasteiger partial charge in [-0.05, 0) is 18.2 Å². The van der Waals surface area contributed by atoms with Crippen LogP contribution < -0.4 is 5.32 Å². The second-order valence-corrected chi connectivity index (χ2v) is 6.20. The van der Waals surface area contributed by atoms with Crippen LogP contribution in [0.15, 0.2) is 42.6 Å². The van der Waals surface area contributed by atoms with Crippen molar-refractivity contribution >= 4 is 5.91 Å². The van der Waals surface area contributed by atoms with E-state index < -0.39 is 0 Å². The Morgan fingerprint density at radius 3 is 2.91 bits per heavy atom. The first-order valence-electron chi connectivity index (χ1n) is 7.98. The zero-order chi connectivity index (χ0) is 15.6. The Bertz CT molecular complexity index is 685. The smallest absolute Gasteiger partial charge is 0.227 e. The fourth-order valence-electron chi connectivity index (χ4n) is 3.33. The molecule has 2 atom stereocenters. The Hall–Kier alpha value is -2.18. The van der Waals surface area contributed by atoms with Crippen LogP contribution in [-0.2, 0) is 16.1 Å². The van der Waals surface area contributed by atoms with Gasteiger partial charge in [-0.15, -0.1) is 0 Å². The van der Waals surface area contributed by atoms with Gasteiger partial charge in [0.2, 0.25) is 5.91 Å². The van der Waals surface area contributed by atoms with Gasteiger partial charge in [0.15, 0.2) is 0 Å². The number of hydrogen-bond donors (Lipinski definition) is 1. The summed E-state index contributed by atoms with van der Waals surface area (Å²) < 4.78 is 7.55. The molecule has 2 aromatic rings. The number of para-hydroxylation sites is 1. The van der Waals surface area contributed by atoms with E-state index in [1.165, 1.54) is 0 Å². The first-order chi connectivity index (χ1) is 11.3. The molecule has 0 radical (unpaired) electrons. The molecule has 2 fully saturated rings. The lowest BCUT2D eigenvalue weighted by atomic mass is 10.1. The van der Waals surface area contributed by atoms with Crippen molar-refractivity contribution < 1.29 is 9.53 Å². The van der Waals surface area contributed by atoms with Crippen molar-refractivity contribution in [3.05, 3.63) is 48.3 Å². The number of amides is 1. The molecule has 4 rings (SSSR count). The third kappa shape index (κ3) is 3.00. The van der Waals surface area contributed by atoms with Crippen molar-refractivity contribution in [1.29, 1.82) is 0 Å². The molecular weight excluding hydrogens is 292 g/mol. The van der Waals surface area contributed by atoms with Crippen LogP contribution in [0.25, 0.3) is 5.69 Å². The Balaban J connectivity index is 1.55. The second kappa shape index (κ2) is 6.14. The van der Waals surface area contributed by atoms with Gasteiger partial charge in [0.05, 0.1) is 36.6 Å². The minimum absolute atomic E-state index is 0.0723. The third-order valence-electron chi connectivity index (χ3n) is 4.42. The lowest BCUT2D eigenvalue weighted by Gasteiger charge is -2.27. The van der Waals surface area contributed by atoms with E-state index in [0.29, 0.717) is 13.2 Å². The quantitative estimate of drug-likeness (QED) is 0.911. The molecule has 3 heterocycles. The summed E-state index contributed by atoms with van der Waals surface area (Å²) in [6.45, 7) is 3.41. The molecular formula is C17H20N4O2. The topological polar surface area (TPSA) is 59.4 Å². The average molecular weight is 312 g/mol. The number of hydrogen-bond acceptors (Lipinski definition) is 4. The molecule has 6 heteroatoms. The predicted octanol–water partition coefficient (Wildman–Crippen LogP) is 0.819. The SMILES string of the molecule is O=C1N[C@@H]2COC[C@H]1CN(Cc1ccnn1-c1ccccc1)C2. The summed E-state index contributed by atoms with van der Waals surface area (Å²) in [4.78, 5) is 14.4. The molecule has 2 saturated heterocycles. The Morgan fingerprint density at radius 1 is 1.17 bits per heavy atom. The van der Waals surface area contributed by atoms with Gasteiger partial charge < -0.3 is 10.1 Å². The number of carbonyl (C=O) groups excluding carboxylic acids is 1. The standard InChI is InChI=1S/C17H20N4O2/c22-17-13-8-20(9-14(19-17)12-23-11-13)10-16-6-7-18-21(16)15-4-2-1-3-5-15/h1-7,13-14H,8-12H2,(H,19,22)/t13-,14+/m1/s1. The highest BCUT2D eigenvalue weighted by Gasteiger charge is 2.33. The van der Waals surface area contributed by atoms with Crippen LogP contribution in [0.3, 0.4) is 0 Å². The number of carbonyl (C=O) groups is 1. The van der Waals surface area contributed by atoms with Gasteiger partial charge in [0.25, 0.3) is 0 Å². The van der Waals surface area contributed by atoms with Crippen LogP contribution in [0.2, 0.25) is 0 Å². The predicted molar refractivity (Wildman–Crippen MR) is 85.1 cm³/mol. The Labute approximate surface area is 135 Å². The van der Waals surface area contributed by atoms with Crippen molar-refractivity contribution in [1.82, 2.24) is 20.0 Å². The molecule has 120 valence electrons. The largest absolute Gasteiger partial charge is 0.378 e. The summed E-state index contributed by atoms with van der Waals surface area (Å²) in [6.07, 6.45) is 1.83. The van der Waals surface area contributed by atoms with Gasteiger partial charge >= 0.3 is 0 Å². The van der Waals surface area contributed by atoms with Gasteiger partial charge in [-0.25, -0.2) is 4.68 Å². The van der Waals surface area contributed by atoms with Crippen LogP contribution in [0, 0.1) is 5.92 Å². The first-order valence-corrected chi connectivity index (χ1v) is 7.98. The average Bonchev–Trinajstić information content (AvgIpc) is 2.86. The van der Waals surface area contributed by atoms with Crippen molar-refractivity contribution in [3.63, 3.8) is 0 Å². The summed E-state index contributed by atoms with van der Waals surface area (Å²) in [5.41, 5.74) is 2.18. The lowest BCUT2D eigenvalue weighted by molar-refractivity contribution is -0.125. The number of nitrogens with one attached hydrogen (secondary N) is 1. The molecule has 0 unspecified atom stereocenters. The van der Waals surface area contributed by atoms with E-state index in [1.807, 2.05) is 47.3 Å². The minimum atomic E-state index is -0.0874. The summed E-state index contributed by atoms with van der Waals surface area (Å²) in [5, 5.41) is 7.51. The van der Waals surface area contributed by atoms with Crippen molar-refractivity contribution in [3.8, 4) is 5.69 Å². The van der Waals surface area contributed by atoms with Gasteiger partial charge in [0.1, 0.15) is 0 Å². The van der Waals surface area contributed by atoms with Gasteiger partial charge in [-0.3, -0.25) is 9.69 Å². The molecule has 2 aliphatic heterocycles. The normalized spacial score (nSPS) is 25.0. The first kappa shape index (κ1) is 14.4. The van der Waals surface area contributed by atoms with E-state index in [1.54, 1.807) is 0 Å². The van der Waals surface area contributed by atoms with Crippen molar-refractivity contribution in [2.75, 3.05) is 26.3 Å². The van der Waals surface area contributed by atoms with Crippen LogP contribution in [0.5, 0.6) is 0 Å². The number of fused-ring (bicyclic) bond motifs is 3. The van der Waals surface area contributed by atoms with E-state index >= 15 is 0 Å². The zero-order valence-electron chi connectivity index (χ0n) is 12.9. The zero-order valence-corrected chi connectivity index (χ0v) is 12.9. The highest BCUT2D eigenvalue weighted by atomic mass is 16.5. The summed E-state index contributed by atoms with van der Waals surface area (Å²) in [6, 6.07) is 12.2. The Kier molecular flexibility index (Phi) is 3.85. The number of rotatable bonds is 3. The van der Waals surface area contributed by atoms with Crippen molar-refractivity contribution in [2.24, 2.45) is 5.92 Å². The molecule has 2 bridgehead atoms. The maximum Gasteiger partial charge on any atom is 0.227 e. The van der Waals surface area contributed by atoms with Crippen molar-refractivity contribution in [2.45, 2.75) is 12.6 Å². The number of ether oxygens (including phenoxy) is 1. The number of benzene rings is 1. The maximum atomic E-state index is 12.1. The van der Waals surface area contributed by atoms with Crippen LogP contribution in [0.1, 0.15) is 5.69 Å². The Morgan fingerprint density at radius 2 is 2.04 bits per heavy atom. The maximum absolute atomic E-state index is 12.1. The van der Waals surface area contributed by atoms with E-state index in [9.17, 15) is 4.79 Å². The van der Waals surface area contributed by atoms with Gasteiger partial charge in [-0.1, -0.05) is 18.2 Å². The van der Waals surface area contributed by atoms with Gasteiger partial charge in [-0.2, -0.15) is 5.10 Å². The van der Waals surface area contributed by atoms with E-state index in [4.69, 9.17) is 4.74 Å². The molecule has 0 aliphatic carbocycles. The fraction of sp³-hybridized carbons (Fsp3) is 0.412. The molecule has 2 aliphatic rings. The molecule has 1 aromatic heterocycles. The van der Waals surface area contributed by atoms with E-state index in [0.717, 1.165) is 31.0 Å². The van der Waals surface area contributed by atoms with Gasteiger partial charge in [0, 0.05) is 25.8 Å². The molecule has 1 aromatic carbocycles. The molecule has 0 spiro atoms. The number of nitrogens with zero attached hydrogens (tertiary/aromatic N) is 3. The molecule has 0 saturated carbocycles. The third-order valence-corrected chi connectivity index (χ3v) is 4.42. The molecule has 1 amide bonds. The number of aromatic nitrogens is 2.